The van der Waals surface area contributed by atoms with E-state index in [0.29, 0.717) is 24.9 Å². The monoisotopic (exact) mass is 308 g/mol. The van der Waals surface area contributed by atoms with Crippen LogP contribution in [0.3, 0.4) is 0 Å². The van der Waals surface area contributed by atoms with Gasteiger partial charge < -0.3 is 10.6 Å². The van der Waals surface area contributed by atoms with Crippen LogP contribution in [-0.2, 0) is 7.05 Å². The highest BCUT2D eigenvalue weighted by molar-refractivity contribution is 5.57. The number of pyridine rings is 1. The highest BCUT2D eigenvalue weighted by atomic mass is 19.3. The van der Waals surface area contributed by atoms with Crippen molar-refractivity contribution in [1.29, 1.82) is 0 Å². The van der Waals surface area contributed by atoms with Crippen molar-refractivity contribution in [2.75, 3.05) is 23.7 Å². The summed E-state index contributed by atoms with van der Waals surface area (Å²) in [6, 6.07) is 3.76. The molecule has 1 aliphatic heterocycles. The standard InChI is InChI=1S/C14H16F2N6.H2/c1-21-14(17)19-13(20-21)7-2-3-10(18-4-7)22-5-8-9(6-22)11(8)12(15)16;/h2-4,8-9,11-12H,5-6H2,1H3,(H2,17,19,20);1H/t8-,9+,11?;. The molecular weight excluding hydrogens is 290 g/mol. The lowest BCUT2D eigenvalue weighted by Gasteiger charge is -2.20. The van der Waals surface area contributed by atoms with Crippen LogP contribution in [-0.4, -0.2) is 39.3 Å². The van der Waals surface area contributed by atoms with Gasteiger partial charge in [0.25, 0.3) is 0 Å². The molecule has 0 radical (unpaired) electrons. The maximum Gasteiger partial charge on any atom is 0.242 e. The summed E-state index contributed by atoms with van der Waals surface area (Å²) in [7, 11) is 1.73. The molecule has 2 aliphatic rings. The zero-order valence-electron chi connectivity index (χ0n) is 12.0. The Morgan fingerprint density at radius 3 is 2.55 bits per heavy atom. The highest BCUT2D eigenvalue weighted by Crippen LogP contribution is 2.55. The maximum atomic E-state index is 12.7. The van der Waals surface area contributed by atoms with Crippen LogP contribution in [0.2, 0.25) is 0 Å². The first-order chi connectivity index (χ1) is 10.5. The summed E-state index contributed by atoms with van der Waals surface area (Å²) in [6.07, 6.45) is -0.494. The first-order valence-corrected chi connectivity index (χ1v) is 7.20. The number of fused-ring (bicyclic) bond motifs is 1. The van der Waals surface area contributed by atoms with Gasteiger partial charge in [0.15, 0.2) is 5.82 Å². The van der Waals surface area contributed by atoms with Gasteiger partial charge in [0.2, 0.25) is 12.4 Å². The molecule has 3 heterocycles. The van der Waals surface area contributed by atoms with Crippen LogP contribution in [0.15, 0.2) is 18.3 Å². The average Bonchev–Trinajstić information content (AvgIpc) is 2.83. The zero-order valence-corrected chi connectivity index (χ0v) is 12.0. The van der Waals surface area contributed by atoms with Crippen molar-refractivity contribution in [3.05, 3.63) is 18.3 Å². The van der Waals surface area contributed by atoms with E-state index in [1.165, 1.54) is 4.68 Å². The number of halogens is 2. The Kier molecular flexibility index (Phi) is 2.82. The second-order valence-corrected chi connectivity index (χ2v) is 5.97. The molecule has 2 fully saturated rings. The third-order valence-electron chi connectivity index (χ3n) is 4.68. The van der Waals surface area contributed by atoms with Gasteiger partial charge in [0.1, 0.15) is 5.82 Å². The molecule has 0 spiro atoms. The van der Waals surface area contributed by atoms with Crippen LogP contribution >= 0.6 is 0 Å². The Hall–Kier alpha value is -2.25. The molecule has 2 N–H and O–H groups in total. The average molecular weight is 308 g/mol. The van der Waals surface area contributed by atoms with E-state index in [1.54, 1.807) is 13.2 Å². The molecule has 8 heteroatoms. The lowest BCUT2D eigenvalue weighted by atomic mass is 10.2. The third kappa shape index (κ3) is 2.01. The predicted molar refractivity (Wildman–Crippen MR) is 79.4 cm³/mol. The van der Waals surface area contributed by atoms with Crippen molar-refractivity contribution in [2.24, 2.45) is 24.8 Å². The molecule has 118 valence electrons. The number of piperidine rings is 1. The maximum absolute atomic E-state index is 12.7. The van der Waals surface area contributed by atoms with Gasteiger partial charge in [-0.25, -0.2) is 18.4 Å². The van der Waals surface area contributed by atoms with Crippen molar-refractivity contribution in [1.82, 2.24) is 19.7 Å². The predicted octanol–water partition coefficient (Wildman–Crippen LogP) is 1.65. The normalized spacial score (nSPS) is 26.5. The van der Waals surface area contributed by atoms with E-state index < -0.39 is 12.3 Å². The summed E-state index contributed by atoms with van der Waals surface area (Å²) in [5, 5.41) is 4.20. The number of hydrogen-bond acceptors (Lipinski definition) is 5. The van der Waals surface area contributed by atoms with Crippen molar-refractivity contribution in [3.8, 4) is 11.4 Å². The lowest BCUT2D eigenvalue weighted by Crippen LogP contribution is -2.26. The summed E-state index contributed by atoms with van der Waals surface area (Å²) in [5.74, 6) is 1.53. The van der Waals surface area contributed by atoms with Gasteiger partial charge in [-0.05, 0) is 24.0 Å². The van der Waals surface area contributed by atoms with Gasteiger partial charge in [-0.3, -0.25) is 0 Å². The number of alkyl halides is 2. The number of aryl methyl sites for hydroxylation is 1. The molecule has 0 bridgehead atoms. The fraction of sp³-hybridized carbons (Fsp3) is 0.500. The summed E-state index contributed by atoms with van der Waals surface area (Å²) >= 11 is 0. The smallest absolute Gasteiger partial charge is 0.242 e. The minimum absolute atomic E-state index is 0. The first-order valence-electron chi connectivity index (χ1n) is 7.20. The van der Waals surface area contributed by atoms with E-state index in [2.05, 4.69) is 20.0 Å². The van der Waals surface area contributed by atoms with Crippen molar-refractivity contribution < 1.29 is 10.2 Å². The molecule has 2 aromatic heterocycles. The van der Waals surface area contributed by atoms with Crippen LogP contribution in [0.5, 0.6) is 0 Å². The Morgan fingerprint density at radius 2 is 2.05 bits per heavy atom. The van der Waals surface area contributed by atoms with E-state index in [-0.39, 0.29) is 13.3 Å². The van der Waals surface area contributed by atoms with Crippen molar-refractivity contribution in [2.45, 2.75) is 6.43 Å². The fourth-order valence-corrected chi connectivity index (χ4v) is 3.36. The van der Waals surface area contributed by atoms with Crippen LogP contribution < -0.4 is 10.6 Å². The molecule has 4 rings (SSSR count). The number of hydrogen-bond donors (Lipinski definition) is 1. The fourth-order valence-electron chi connectivity index (χ4n) is 3.36. The van der Waals surface area contributed by atoms with E-state index >= 15 is 0 Å². The molecule has 3 atom stereocenters. The van der Waals surface area contributed by atoms with Crippen LogP contribution in [0.4, 0.5) is 20.5 Å². The first kappa shape index (κ1) is 13.4. The second-order valence-electron chi connectivity index (χ2n) is 5.97. The quantitative estimate of drug-likeness (QED) is 0.933. The second kappa shape index (κ2) is 4.62. The Balaban J connectivity index is 0.00000156. The number of nitrogens with zero attached hydrogens (tertiary/aromatic N) is 5. The van der Waals surface area contributed by atoms with Crippen molar-refractivity contribution in [3.63, 3.8) is 0 Å². The topological polar surface area (TPSA) is 72.9 Å². The van der Waals surface area contributed by atoms with Crippen LogP contribution in [0.1, 0.15) is 1.43 Å². The van der Waals surface area contributed by atoms with Gasteiger partial charge in [-0.15, -0.1) is 5.10 Å². The number of nitrogen functional groups attached to an aromatic ring is 1. The number of nitrogens with two attached hydrogens (primary N) is 1. The van der Waals surface area contributed by atoms with E-state index in [4.69, 9.17) is 5.73 Å². The van der Waals surface area contributed by atoms with Crippen LogP contribution in [0, 0.1) is 17.8 Å². The largest absolute Gasteiger partial charge is 0.368 e. The summed E-state index contributed by atoms with van der Waals surface area (Å²) in [5.41, 5.74) is 6.45. The molecule has 6 nitrogen and oxygen atoms in total. The van der Waals surface area contributed by atoms with Gasteiger partial charge in [-0.2, -0.15) is 4.98 Å². The van der Waals surface area contributed by atoms with Gasteiger partial charge in [0.05, 0.1) is 0 Å². The minimum Gasteiger partial charge on any atom is -0.368 e. The molecule has 2 aromatic rings. The molecule has 1 unspecified atom stereocenters. The van der Waals surface area contributed by atoms with E-state index in [1.807, 2.05) is 12.1 Å². The number of rotatable bonds is 3. The van der Waals surface area contributed by atoms with Crippen molar-refractivity contribution >= 4 is 11.8 Å². The molecule has 0 aromatic carbocycles. The van der Waals surface area contributed by atoms with Crippen LogP contribution in [0.25, 0.3) is 11.4 Å². The third-order valence-corrected chi connectivity index (χ3v) is 4.68. The molecule has 1 saturated carbocycles. The molecule has 22 heavy (non-hydrogen) atoms. The van der Waals surface area contributed by atoms with E-state index in [9.17, 15) is 8.78 Å². The summed E-state index contributed by atoms with van der Waals surface area (Å²) in [4.78, 5) is 10.6. The molecule has 1 saturated heterocycles. The number of aromatic nitrogens is 4. The Labute approximate surface area is 127 Å². The molecule has 0 amide bonds. The molecular formula is C14H18F2N6. The zero-order chi connectivity index (χ0) is 15.4. The SMILES string of the molecule is Cn1nc(-c2ccc(N3C[C@@H]4C(C(F)F)[C@@H]4C3)nc2)nc1N.[HH]. The Morgan fingerprint density at radius 1 is 1.32 bits per heavy atom. The summed E-state index contributed by atoms with van der Waals surface area (Å²) < 4.78 is 26.9. The van der Waals surface area contributed by atoms with E-state index in [0.717, 1.165) is 11.4 Å². The van der Waals surface area contributed by atoms with Gasteiger partial charge >= 0.3 is 0 Å². The van der Waals surface area contributed by atoms with Gasteiger partial charge in [0, 0.05) is 39.2 Å². The lowest BCUT2D eigenvalue weighted by molar-refractivity contribution is 0.109. The highest BCUT2D eigenvalue weighted by Gasteiger charge is 2.60. The summed E-state index contributed by atoms with van der Waals surface area (Å²) in [6.45, 7) is 1.33. The molecule has 1 aliphatic carbocycles. The number of anilines is 2. The minimum atomic E-state index is -2.19. The van der Waals surface area contributed by atoms with Gasteiger partial charge in [-0.1, -0.05) is 0 Å². The Bertz CT molecular complexity index is 672.